The van der Waals surface area contributed by atoms with Crippen molar-refractivity contribution in [2.75, 3.05) is 14.2 Å². The molecule has 0 radical (unpaired) electrons. The van der Waals surface area contributed by atoms with Crippen LogP contribution in [0.2, 0.25) is 0 Å². The van der Waals surface area contributed by atoms with Gasteiger partial charge >= 0.3 is 0 Å². The lowest BCUT2D eigenvalue weighted by Crippen LogP contribution is -2.38. The Bertz CT molecular complexity index is 325. The second-order valence-corrected chi connectivity index (χ2v) is 3.90. The van der Waals surface area contributed by atoms with Crippen LogP contribution in [-0.2, 0) is 16.9 Å². The van der Waals surface area contributed by atoms with Gasteiger partial charge in [-0.25, -0.2) is 0 Å². The molecule has 0 aliphatic carbocycles. The summed E-state index contributed by atoms with van der Waals surface area (Å²) in [6, 6.07) is 0. The molecule has 1 heterocycles. The number of hydrogen-bond acceptors (Lipinski definition) is 4. The summed E-state index contributed by atoms with van der Waals surface area (Å²) in [5.41, 5.74) is -0.487. The van der Waals surface area contributed by atoms with Gasteiger partial charge in [-0.15, -0.1) is 0 Å². The van der Waals surface area contributed by atoms with E-state index < -0.39 is 5.60 Å². The predicted molar refractivity (Wildman–Crippen MR) is 60.5 cm³/mol. The third kappa shape index (κ3) is 2.05. The summed E-state index contributed by atoms with van der Waals surface area (Å²) in [6.07, 6.45) is 1.26. The maximum absolute atomic E-state index is 10.5. The molecule has 0 aliphatic heterocycles. The average Bonchev–Trinajstić information content (AvgIpc) is 2.71. The second kappa shape index (κ2) is 4.84. The average molecular weight is 228 g/mol. The summed E-state index contributed by atoms with van der Waals surface area (Å²) in [7, 11) is 3.13. The van der Waals surface area contributed by atoms with E-state index in [1.165, 1.54) is 0 Å². The fraction of sp³-hybridized carbons (Fsp3) is 0.727. The zero-order valence-electron chi connectivity index (χ0n) is 10.5. The van der Waals surface area contributed by atoms with Crippen LogP contribution in [0.5, 0.6) is 5.75 Å². The molecular formula is C11H20N2O3. The highest BCUT2D eigenvalue weighted by Gasteiger charge is 2.37. The Morgan fingerprint density at radius 2 is 2.19 bits per heavy atom. The van der Waals surface area contributed by atoms with E-state index in [0.717, 1.165) is 0 Å². The quantitative estimate of drug-likeness (QED) is 0.821. The molecule has 0 bridgehead atoms. The number of aliphatic hydroxyl groups is 1. The highest BCUT2D eigenvalue weighted by atomic mass is 16.5. The fourth-order valence-electron chi connectivity index (χ4n) is 1.69. The van der Waals surface area contributed by atoms with Crippen LogP contribution in [-0.4, -0.2) is 35.2 Å². The molecule has 5 nitrogen and oxygen atoms in total. The smallest absolute Gasteiger partial charge is 0.163 e. The minimum atomic E-state index is -1.13. The number of aryl methyl sites for hydroxylation is 1. The molecule has 16 heavy (non-hydrogen) atoms. The summed E-state index contributed by atoms with van der Waals surface area (Å²) < 4.78 is 12.1. The van der Waals surface area contributed by atoms with Crippen LogP contribution < -0.4 is 4.74 Å². The Kier molecular flexibility index (Phi) is 3.93. The van der Waals surface area contributed by atoms with Crippen LogP contribution >= 0.6 is 0 Å². The first-order valence-corrected chi connectivity index (χ1v) is 5.34. The first-order valence-electron chi connectivity index (χ1n) is 5.34. The van der Waals surface area contributed by atoms with Gasteiger partial charge in [0.1, 0.15) is 11.3 Å². The first-order chi connectivity index (χ1) is 7.48. The number of methoxy groups -OCH3 is 2. The molecule has 2 unspecified atom stereocenters. The zero-order chi connectivity index (χ0) is 12.3. The van der Waals surface area contributed by atoms with Crippen molar-refractivity contribution in [2.24, 2.45) is 0 Å². The zero-order valence-corrected chi connectivity index (χ0v) is 10.5. The predicted octanol–water partition coefficient (Wildman–Crippen LogP) is 1.15. The van der Waals surface area contributed by atoms with Crippen molar-refractivity contribution in [1.82, 2.24) is 9.78 Å². The van der Waals surface area contributed by atoms with Crippen molar-refractivity contribution in [3.8, 4) is 5.75 Å². The van der Waals surface area contributed by atoms with Gasteiger partial charge in [0.15, 0.2) is 5.75 Å². The van der Waals surface area contributed by atoms with Gasteiger partial charge in [-0.2, -0.15) is 5.10 Å². The van der Waals surface area contributed by atoms with Crippen LogP contribution in [0, 0.1) is 0 Å². The summed E-state index contributed by atoms with van der Waals surface area (Å²) in [5.74, 6) is 0.579. The second-order valence-electron chi connectivity index (χ2n) is 3.90. The molecule has 0 fully saturated rings. The molecule has 0 saturated carbocycles. The number of hydrogen-bond donors (Lipinski definition) is 1. The van der Waals surface area contributed by atoms with Crippen molar-refractivity contribution in [3.63, 3.8) is 0 Å². The van der Waals surface area contributed by atoms with E-state index in [2.05, 4.69) is 5.10 Å². The summed E-state index contributed by atoms with van der Waals surface area (Å²) in [5, 5.41) is 14.7. The summed E-state index contributed by atoms with van der Waals surface area (Å²) in [4.78, 5) is 0. The van der Waals surface area contributed by atoms with Crippen LogP contribution in [0.1, 0.15) is 26.5 Å². The Morgan fingerprint density at radius 1 is 1.56 bits per heavy atom. The molecule has 1 rings (SSSR count). The van der Waals surface area contributed by atoms with Crippen molar-refractivity contribution in [2.45, 2.75) is 39.0 Å². The van der Waals surface area contributed by atoms with E-state index in [1.54, 1.807) is 32.0 Å². The fourth-order valence-corrected chi connectivity index (χ4v) is 1.69. The minimum Gasteiger partial charge on any atom is -0.493 e. The van der Waals surface area contributed by atoms with E-state index >= 15 is 0 Å². The lowest BCUT2D eigenvalue weighted by molar-refractivity contribution is -0.0833. The first kappa shape index (κ1) is 13.0. The molecule has 5 heteroatoms. The monoisotopic (exact) mass is 228 g/mol. The maximum atomic E-state index is 10.5. The van der Waals surface area contributed by atoms with Gasteiger partial charge in [-0.05, 0) is 20.8 Å². The van der Waals surface area contributed by atoms with Gasteiger partial charge in [0.05, 0.1) is 19.4 Å². The molecule has 1 N–H and O–H groups in total. The van der Waals surface area contributed by atoms with Crippen molar-refractivity contribution < 1.29 is 14.6 Å². The molecule has 0 aliphatic rings. The molecule has 1 aromatic rings. The molecule has 0 amide bonds. The van der Waals surface area contributed by atoms with E-state index in [-0.39, 0.29) is 6.10 Å². The van der Waals surface area contributed by atoms with Gasteiger partial charge in [-0.3, -0.25) is 4.68 Å². The molecule has 0 aromatic carbocycles. The summed E-state index contributed by atoms with van der Waals surface area (Å²) in [6.45, 7) is 6.15. The Morgan fingerprint density at radius 3 is 2.62 bits per heavy atom. The maximum Gasteiger partial charge on any atom is 0.163 e. The lowest BCUT2D eigenvalue weighted by Gasteiger charge is -2.30. The Hall–Kier alpha value is -1.07. The number of aromatic nitrogens is 2. The van der Waals surface area contributed by atoms with Crippen LogP contribution in [0.4, 0.5) is 0 Å². The molecule has 0 saturated heterocycles. The normalized spacial score (nSPS) is 16.9. The largest absolute Gasteiger partial charge is 0.493 e. The van der Waals surface area contributed by atoms with Crippen molar-refractivity contribution in [1.29, 1.82) is 0 Å². The SMILES string of the molecule is CCn1ncc(OC)c1C(C)(O)C(C)OC. The van der Waals surface area contributed by atoms with E-state index in [4.69, 9.17) is 9.47 Å². The van der Waals surface area contributed by atoms with Crippen molar-refractivity contribution in [3.05, 3.63) is 11.9 Å². The molecule has 1 aromatic heterocycles. The van der Waals surface area contributed by atoms with Gasteiger partial charge in [0.25, 0.3) is 0 Å². The number of ether oxygens (including phenoxy) is 2. The van der Waals surface area contributed by atoms with Crippen molar-refractivity contribution >= 4 is 0 Å². The van der Waals surface area contributed by atoms with Gasteiger partial charge in [0, 0.05) is 13.7 Å². The Balaban J connectivity index is 3.23. The van der Waals surface area contributed by atoms with Gasteiger partial charge in [-0.1, -0.05) is 0 Å². The van der Waals surface area contributed by atoms with E-state index in [9.17, 15) is 5.11 Å². The van der Waals surface area contributed by atoms with Crippen LogP contribution in [0.3, 0.4) is 0 Å². The molecule has 92 valence electrons. The highest BCUT2D eigenvalue weighted by molar-refractivity contribution is 5.31. The third-order valence-corrected chi connectivity index (χ3v) is 2.95. The van der Waals surface area contributed by atoms with Crippen LogP contribution in [0.15, 0.2) is 6.20 Å². The topological polar surface area (TPSA) is 56.5 Å². The molecule has 0 spiro atoms. The highest BCUT2D eigenvalue weighted by Crippen LogP contribution is 2.33. The molecule has 2 atom stereocenters. The molecular weight excluding hydrogens is 208 g/mol. The number of rotatable bonds is 5. The van der Waals surface area contributed by atoms with E-state index in [0.29, 0.717) is 18.0 Å². The minimum absolute atomic E-state index is 0.344. The lowest BCUT2D eigenvalue weighted by atomic mass is 9.95. The van der Waals surface area contributed by atoms with Crippen LogP contribution in [0.25, 0.3) is 0 Å². The standard InChI is InChI=1S/C11H20N2O3/c1-6-13-10(9(16-5)7-12-13)11(3,14)8(2)15-4/h7-8,14H,6H2,1-5H3. The Labute approximate surface area is 96.0 Å². The number of nitrogens with zero attached hydrogens (tertiary/aromatic N) is 2. The summed E-state index contributed by atoms with van der Waals surface area (Å²) >= 11 is 0. The van der Waals surface area contributed by atoms with E-state index in [1.807, 2.05) is 13.8 Å². The van der Waals surface area contributed by atoms with Gasteiger partial charge < -0.3 is 14.6 Å². The van der Waals surface area contributed by atoms with Gasteiger partial charge in [0.2, 0.25) is 0 Å². The third-order valence-electron chi connectivity index (χ3n) is 2.95.